The van der Waals surface area contributed by atoms with Crippen molar-refractivity contribution in [3.05, 3.63) is 22.2 Å². The van der Waals surface area contributed by atoms with Crippen LogP contribution < -0.4 is 19.5 Å². The second kappa shape index (κ2) is 11.5. The van der Waals surface area contributed by atoms with Gasteiger partial charge >= 0.3 is 17.7 Å². The number of nitrogens with zero attached hydrogens (tertiary/aromatic N) is 2. The van der Waals surface area contributed by atoms with Gasteiger partial charge in [0.05, 0.1) is 25.2 Å². The molecule has 0 bridgehead atoms. The molecule has 1 aromatic rings. The first-order valence-electron chi connectivity index (χ1n) is 7.79. The molecule has 0 radical (unpaired) electrons. The van der Waals surface area contributed by atoms with Crippen LogP contribution in [0.15, 0.2) is 12.1 Å². The number of nitro benzene ring substituents is 1. The number of hydrogen-bond acceptors (Lipinski definition) is 10. The van der Waals surface area contributed by atoms with Gasteiger partial charge in [0.25, 0.3) is 0 Å². The van der Waals surface area contributed by atoms with Crippen molar-refractivity contribution in [1.29, 1.82) is 5.26 Å². The minimum absolute atomic E-state index is 0.0832. The zero-order chi connectivity index (χ0) is 21.1. The van der Waals surface area contributed by atoms with Crippen molar-refractivity contribution in [1.82, 2.24) is 5.32 Å². The molecule has 0 aliphatic carbocycles. The highest BCUT2D eigenvalue weighted by molar-refractivity contribution is 7.98. The monoisotopic (exact) mass is 413 g/mol. The van der Waals surface area contributed by atoms with Gasteiger partial charge in [-0.1, -0.05) is 0 Å². The smallest absolute Gasteiger partial charge is 0.413 e. The van der Waals surface area contributed by atoms with Crippen LogP contribution >= 0.6 is 11.8 Å². The average molecular weight is 413 g/mol. The van der Waals surface area contributed by atoms with Crippen molar-refractivity contribution in [2.45, 2.75) is 12.5 Å². The van der Waals surface area contributed by atoms with E-state index in [1.165, 1.54) is 26.0 Å². The highest BCUT2D eigenvalue weighted by Gasteiger charge is 2.26. The van der Waals surface area contributed by atoms with E-state index < -0.39 is 41.1 Å². The fraction of sp³-hybridized carbons (Fsp3) is 0.438. The van der Waals surface area contributed by atoms with Crippen LogP contribution in [0, 0.1) is 21.4 Å². The van der Waals surface area contributed by atoms with E-state index >= 15 is 0 Å². The minimum Gasteiger partial charge on any atom is -0.493 e. The van der Waals surface area contributed by atoms with E-state index in [4.69, 9.17) is 24.2 Å². The predicted molar refractivity (Wildman–Crippen MR) is 98.7 cm³/mol. The number of carbonyl (C=O) groups excluding carboxylic acids is 2. The van der Waals surface area contributed by atoms with Crippen molar-refractivity contribution in [2.75, 3.05) is 32.8 Å². The Morgan fingerprint density at radius 3 is 2.46 bits per heavy atom. The molecule has 0 fully saturated rings. The lowest BCUT2D eigenvalue weighted by atomic mass is 10.2. The van der Waals surface area contributed by atoms with Gasteiger partial charge in [-0.15, -0.1) is 0 Å². The van der Waals surface area contributed by atoms with E-state index in [-0.39, 0.29) is 17.9 Å². The maximum absolute atomic E-state index is 12.2. The molecule has 0 saturated carbocycles. The largest absolute Gasteiger partial charge is 0.493 e. The van der Waals surface area contributed by atoms with Crippen LogP contribution in [0.4, 0.5) is 10.5 Å². The van der Waals surface area contributed by atoms with E-state index in [1.54, 1.807) is 6.07 Å². The Morgan fingerprint density at radius 2 is 1.93 bits per heavy atom. The van der Waals surface area contributed by atoms with Crippen LogP contribution in [0.5, 0.6) is 17.2 Å². The first kappa shape index (κ1) is 22.8. The summed E-state index contributed by atoms with van der Waals surface area (Å²) in [5.41, 5.74) is -0.527. The Kier molecular flexibility index (Phi) is 9.38. The highest BCUT2D eigenvalue weighted by Crippen LogP contribution is 2.39. The molecule has 28 heavy (non-hydrogen) atoms. The van der Waals surface area contributed by atoms with E-state index in [0.717, 1.165) is 12.1 Å². The third-order valence-corrected chi connectivity index (χ3v) is 3.97. The van der Waals surface area contributed by atoms with Crippen LogP contribution in [0.1, 0.15) is 6.42 Å². The Hall–Kier alpha value is -3.20. The molecule has 0 saturated heterocycles. The molecule has 1 N–H and O–H groups in total. The van der Waals surface area contributed by atoms with Crippen LogP contribution in [-0.2, 0) is 9.53 Å². The van der Waals surface area contributed by atoms with Gasteiger partial charge in [-0.2, -0.15) is 17.0 Å². The summed E-state index contributed by atoms with van der Waals surface area (Å²) in [6.45, 7) is -0.466. The number of nitriles is 1. The molecule has 0 aliphatic rings. The Bertz CT molecular complexity index is 765. The SMILES string of the molecule is COc1cc(OC(=O)N[C@H](CCSC)C(=O)OCC#N)c([N+](=O)[O-])cc1OC. The molecule has 1 atom stereocenters. The topological polar surface area (TPSA) is 150 Å². The third-order valence-electron chi connectivity index (χ3n) is 3.33. The zero-order valence-corrected chi connectivity index (χ0v) is 16.2. The lowest BCUT2D eigenvalue weighted by Gasteiger charge is -2.16. The number of carbonyl (C=O) groups is 2. The summed E-state index contributed by atoms with van der Waals surface area (Å²) in [7, 11) is 2.62. The fourth-order valence-corrected chi connectivity index (χ4v) is 2.51. The Morgan fingerprint density at radius 1 is 1.29 bits per heavy atom. The maximum Gasteiger partial charge on any atom is 0.413 e. The molecular formula is C16H19N3O8S. The summed E-state index contributed by atoms with van der Waals surface area (Å²) in [5, 5.41) is 22.0. The average Bonchev–Trinajstić information content (AvgIpc) is 2.68. The molecule has 0 aromatic heterocycles. The van der Waals surface area contributed by atoms with E-state index in [2.05, 4.69) is 5.32 Å². The Labute approximate surface area is 165 Å². The molecule has 0 unspecified atom stereocenters. The molecule has 152 valence electrons. The number of esters is 1. The molecule has 1 amide bonds. The number of hydrogen-bond donors (Lipinski definition) is 1. The lowest BCUT2D eigenvalue weighted by Crippen LogP contribution is -2.43. The minimum atomic E-state index is -1.10. The summed E-state index contributed by atoms with van der Waals surface area (Å²) in [4.78, 5) is 34.6. The standard InChI is InChI=1S/C16H19N3O8S/c1-24-13-8-11(19(22)23)12(9-14(13)25-2)27-16(21)18-10(4-7-28-3)15(20)26-6-5-17/h8-10H,4,6-7H2,1-3H3,(H,18,21)/t10-/m1/s1. The van der Waals surface area contributed by atoms with Crippen LogP contribution in [0.2, 0.25) is 0 Å². The van der Waals surface area contributed by atoms with Crippen molar-refractivity contribution >= 4 is 29.5 Å². The van der Waals surface area contributed by atoms with Crippen molar-refractivity contribution in [2.24, 2.45) is 0 Å². The molecule has 1 rings (SSSR count). The number of nitrogens with one attached hydrogen (secondary N) is 1. The summed E-state index contributed by atoms with van der Waals surface area (Å²) in [5.74, 6) is -0.491. The van der Waals surface area contributed by atoms with E-state index in [9.17, 15) is 19.7 Å². The van der Waals surface area contributed by atoms with Gasteiger partial charge in [-0.3, -0.25) is 10.1 Å². The number of benzene rings is 1. The van der Waals surface area contributed by atoms with Crippen molar-refractivity contribution in [3.63, 3.8) is 0 Å². The second-order valence-electron chi connectivity index (χ2n) is 5.07. The van der Waals surface area contributed by atoms with E-state index in [1.807, 2.05) is 6.26 Å². The van der Waals surface area contributed by atoms with Crippen molar-refractivity contribution < 1.29 is 33.5 Å². The highest BCUT2D eigenvalue weighted by atomic mass is 32.2. The summed E-state index contributed by atoms with van der Waals surface area (Å²) in [6.07, 6.45) is 0.924. The summed E-state index contributed by atoms with van der Waals surface area (Å²) < 4.78 is 19.7. The van der Waals surface area contributed by atoms with Gasteiger partial charge in [0.2, 0.25) is 5.75 Å². The van der Waals surface area contributed by atoms with E-state index in [0.29, 0.717) is 5.75 Å². The first-order valence-corrected chi connectivity index (χ1v) is 9.18. The van der Waals surface area contributed by atoms with Gasteiger partial charge in [-0.05, 0) is 18.4 Å². The summed E-state index contributed by atoms with van der Waals surface area (Å²) in [6, 6.07) is 2.75. The molecule has 0 spiro atoms. The molecule has 12 heteroatoms. The number of amides is 1. The van der Waals surface area contributed by atoms with Crippen LogP contribution in [0.3, 0.4) is 0 Å². The number of nitro groups is 1. The molecule has 0 aliphatic heterocycles. The number of ether oxygens (including phenoxy) is 4. The molecule has 0 heterocycles. The lowest BCUT2D eigenvalue weighted by molar-refractivity contribution is -0.385. The first-order chi connectivity index (χ1) is 13.4. The normalized spacial score (nSPS) is 10.9. The molecular weight excluding hydrogens is 394 g/mol. The number of thioether (sulfide) groups is 1. The number of rotatable bonds is 10. The number of methoxy groups -OCH3 is 2. The third kappa shape index (κ3) is 6.51. The van der Waals surface area contributed by atoms with Crippen LogP contribution in [-0.4, -0.2) is 55.9 Å². The van der Waals surface area contributed by atoms with Crippen molar-refractivity contribution in [3.8, 4) is 23.3 Å². The quantitative estimate of drug-likeness (QED) is 0.342. The Balaban J connectivity index is 3.01. The summed E-state index contributed by atoms with van der Waals surface area (Å²) >= 11 is 1.43. The zero-order valence-electron chi connectivity index (χ0n) is 15.4. The van der Waals surface area contributed by atoms with Gasteiger partial charge in [-0.25, -0.2) is 9.59 Å². The van der Waals surface area contributed by atoms with Gasteiger partial charge in [0.15, 0.2) is 18.1 Å². The predicted octanol–water partition coefficient (Wildman–Crippen LogP) is 1.89. The maximum atomic E-state index is 12.2. The van der Waals surface area contributed by atoms with Gasteiger partial charge in [0.1, 0.15) is 12.1 Å². The van der Waals surface area contributed by atoms with Crippen LogP contribution in [0.25, 0.3) is 0 Å². The molecule has 11 nitrogen and oxygen atoms in total. The fourth-order valence-electron chi connectivity index (χ4n) is 2.03. The van der Waals surface area contributed by atoms with Gasteiger partial charge < -0.3 is 24.3 Å². The second-order valence-corrected chi connectivity index (χ2v) is 6.05. The van der Waals surface area contributed by atoms with Gasteiger partial charge in [0, 0.05) is 6.07 Å². The molecule has 1 aromatic carbocycles.